The molecule has 0 amide bonds. The first-order chi connectivity index (χ1) is 11.9. The number of hydrogen-bond acceptors (Lipinski definition) is 4. The molecule has 1 radical (unpaired) electrons. The predicted octanol–water partition coefficient (Wildman–Crippen LogP) is 3.74. The summed E-state index contributed by atoms with van der Waals surface area (Å²) in [5.41, 5.74) is 3.24. The van der Waals surface area contributed by atoms with Gasteiger partial charge in [-0.15, -0.1) is 0 Å². The van der Waals surface area contributed by atoms with Gasteiger partial charge in [-0.05, 0) is 35.4 Å². The minimum Gasteiger partial charge on any atom is -0.507 e. The van der Waals surface area contributed by atoms with Gasteiger partial charge in [0.2, 0.25) is 0 Å². The van der Waals surface area contributed by atoms with Crippen LogP contribution in [0.4, 0.5) is 0 Å². The number of benzene rings is 3. The normalized spacial score (nSPS) is 11.2. The maximum Gasteiger partial charge on any atom is 0.175 e. The third kappa shape index (κ3) is 3.46. The van der Waals surface area contributed by atoms with Gasteiger partial charge in [0.25, 0.3) is 0 Å². The number of rotatable bonds is 4. The molecule has 3 aromatic carbocycles. The molecule has 4 nitrogen and oxygen atoms in total. The molecule has 3 aromatic rings. The van der Waals surface area contributed by atoms with Gasteiger partial charge in [-0.2, -0.15) is 0 Å². The lowest BCUT2D eigenvalue weighted by molar-refractivity contribution is 0.112. The molecule has 3 rings (SSSR count). The number of carbonyl (C=O) groups excluding carboxylic acids is 1. The van der Waals surface area contributed by atoms with Gasteiger partial charge in [-0.3, -0.25) is 4.79 Å². The van der Waals surface area contributed by atoms with Crippen molar-refractivity contribution in [3.8, 4) is 28.0 Å². The number of carbonyl (C=O) groups is 1. The second-order valence-electron chi connectivity index (χ2n) is 5.65. The summed E-state index contributed by atoms with van der Waals surface area (Å²) >= 11 is 0. The maximum absolute atomic E-state index is 11.6. The zero-order valence-electron chi connectivity index (χ0n) is 13.4. The van der Waals surface area contributed by atoms with Crippen LogP contribution in [0.2, 0.25) is 0 Å². The molecule has 0 aliphatic carbocycles. The highest BCUT2D eigenvalue weighted by atomic mass is 32.2. The Hall–Kier alpha value is -2.92. The van der Waals surface area contributed by atoms with Crippen LogP contribution >= 0.6 is 0 Å². The van der Waals surface area contributed by atoms with Gasteiger partial charge in [-0.1, -0.05) is 42.5 Å². The summed E-state index contributed by atoms with van der Waals surface area (Å²) in [6.07, 6.45) is 1.91. The van der Waals surface area contributed by atoms with Crippen molar-refractivity contribution in [3.63, 3.8) is 0 Å². The second kappa shape index (κ2) is 6.53. The molecule has 1 N–H and O–H groups in total. The van der Waals surface area contributed by atoms with E-state index in [1.807, 2.05) is 0 Å². The van der Waals surface area contributed by atoms with Crippen LogP contribution in [0, 0.1) is 6.07 Å². The highest BCUT2D eigenvalue weighted by molar-refractivity contribution is 7.90. The van der Waals surface area contributed by atoms with Crippen molar-refractivity contribution in [2.45, 2.75) is 4.90 Å². The van der Waals surface area contributed by atoms with E-state index in [4.69, 9.17) is 0 Å². The van der Waals surface area contributed by atoms with Crippen LogP contribution in [0.3, 0.4) is 0 Å². The zero-order chi connectivity index (χ0) is 18.0. The van der Waals surface area contributed by atoms with Crippen LogP contribution in [0.25, 0.3) is 22.3 Å². The average molecular weight is 351 g/mol. The Labute approximate surface area is 146 Å². The predicted molar refractivity (Wildman–Crippen MR) is 96.3 cm³/mol. The van der Waals surface area contributed by atoms with Crippen molar-refractivity contribution in [3.05, 3.63) is 72.3 Å². The molecule has 25 heavy (non-hydrogen) atoms. The quantitative estimate of drug-likeness (QED) is 0.727. The smallest absolute Gasteiger partial charge is 0.175 e. The van der Waals surface area contributed by atoms with E-state index in [9.17, 15) is 18.3 Å². The van der Waals surface area contributed by atoms with Crippen LogP contribution < -0.4 is 0 Å². The molecule has 5 heteroatoms. The molecule has 125 valence electrons. The van der Waals surface area contributed by atoms with E-state index < -0.39 is 9.84 Å². The number of aldehydes is 1. The standard InChI is InChI=1S/C20H15O4S/c1-25(23,24)17-11-9-15(10-12-17)18-3-2-4-19(22)20(18)16-7-5-14(13-21)6-8-16/h2,4-13,22H,1H3. The Morgan fingerprint density at radius 3 is 2.08 bits per heavy atom. The number of sulfone groups is 1. The molecular formula is C20H15O4S. The summed E-state index contributed by atoms with van der Waals surface area (Å²) in [5.74, 6) is 0.0831. The van der Waals surface area contributed by atoms with E-state index in [2.05, 4.69) is 6.07 Å². The average Bonchev–Trinajstić information content (AvgIpc) is 2.61. The van der Waals surface area contributed by atoms with Crippen molar-refractivity contribution in [1.29, 1.82) is 0 Å². The molecule has 0 saturated carbocycles. The van der Waals surface area contributed by atoms with E-state index in [0.29, 0.717) is 16.7 Å². The highest BCUT2D eigenvalue weighted by Crippen LogP contribution is 2.38. The molecule has 0 heterocycles. The van der Waals surface area contributed by atoms with Crippen LogP contribution in [0.15, 0.2) is 65.6 Å². The van der Waals surface area contributed by atoms with Crippen molar-refractivity contribution in [1.82, 2.24) is 0 Å². The van der Waals surface area contributed by atoms with E-state index in [1.54, 1.807) is 42.5 Å². The van der Waals surface area contributed by atoms with Crippen LogP contribution in [0.1, 0.15) is 10.4 Å². The van der Waals surface area contributed by atoms with Crippen LogP contribution in [0.5, 0.6) is 5.75 Å². The summed E-state index contributed by atoms with van der Waals surface area (Å²) in [5, 5.41) is 10.3. The summed E-state index contributed by atoms with van der Waals surface area (Å²) in [7, 11) is -3.27. The molecule has 0 saturated heterocycles. The lowest BCUT2D eigenvalue weighted by Crippen LogP contribution is -1.96. The molecule has 0 aliphatic heterocycles. The van der Waals surface area contributed by atoms with Gasteiger partial charge in [0.15, 0.2) is 9.84 Å². The summed E-state index contributed by atoms with van der Waals surface area (Å²) in [6, 6.07) is 19.5. The molecule has 0 bridgehead atoms. The van der Waals surface area contributed by atoms with E-state index in [0.717, 1.165) is 23.7 Å². The van der Waals surface area contributed by atoms with Gasteiger partial charge < -0.3 is 5.11 Å². The fourth-order valence-corrected chi connectivity index (χ4v) is 3.24. The van der Waals surface area contributed by atoms with Gasteiger partial charge in [0, 0.05) is 22.9 Å². The minimum absolute atomic E-state index is 0.0831. The zero-order valence-corrected chi connectivity index (χ0v) is 14.2. The number of aromatic hydroxyl groups is 1. The Morgan fingerprint density at radius 1 is 0.920 bits per heavy atom. The SMILES string of the molecule is CS(=O)(=O)c1ccc(-c2[c]ccc(O)c2-c2ccc(C=O)cc2)cc1. The third-order valence-electron chi connectivity index (χ3n) is 3.88. The largest absolute Gasteiger partial charge is 0.507 e. The monoisotopic (exact) mass is 351 g/mol. The second-order valence-corrected chi connectivity index (χ2v) is 7.67. The molecule has 0 atom stereocenters. The Balaban J connectivity index is 2.14. The fraction of sp³-hybridized carbons (Fsp3) is 0.0500. The van der Waals surface area contributed by atoms with Crippen LogP contribution in [-0.4, -0.2) is 26.1 Å². The number of phenols is 1. The first-order valence-corrected chi connectivity index (χ1v) is 9.39. The maximum atomic E-state index is 11.6. The van der Waals surface area contributed by atoms with Crippen molar-refractivity contribution in [2.75, 3.05) is 6.26 Å². The summed E-state index contributed by atoms with van der Waals surface area (Å²) < 4.78 is 23.2. The fourth-order valence-electron chi connectivity index (χ4n) is 2.60. The molecule has 0 spiro atoms. The lowest BCUT2D eigenvalue weighted by Gasteiger charge is -2.12. The van der Waals surface area contributed by atoms with Gasteiger partial charge >= 0.3 is 0 Å². The van der Waals surface area contributed by atoms with E-state index >= 15 is 0 Å². The molecule has 0 aromatic heterocycles. The van der Waals surface area contributed by atoms with Crippen LogP contribution in [-0.2, 0) is 9.84 Å². The minimum atomic E-state index is -3.27. The van der Waals surface area contributed by atoms with Gasteiger partial charge in [-0.25, -0.2) is 8.42 Å². The molecular weight excluding hydrogens is 336 g/mol. The van der Waals surface area contributed by atoms with Gasteiger partial charge in [0.05, 0.1) is 4.90 Å². The Bertz CT molecular complexity index is 1020. The number of phenolic OH excluding ortho intramolecular Hbond substituents is 1. The Kier molecular flexibility index (Phi) is 4.42. The molecule has 0 aliphatic rings. The van der Waals surface area contributed by atoms with Gasteiger partial charge in [0.1, 0.15) is 12.0 Å². The topological polar surface area (TPSA) is 71.4 Å². The first-order valence-electron chi connectivity index (χ1n) is 7.50. The number of hydrogen-bond donors (Lipinski definition) is 1. The van der Waals surface area contributed by atoms with Crippen molar-refractivity contribution < 1.29 is 18.3 Å². The van der Waals surface area contributed by atoms with E-state index in [-0.39, 0.29) is 10.6 Å². The molecule has 0 fully saturated rings. The summed E-state index contributed by atoms with van der Waals surface area (Å²) in [6.45, 7) is 0. The Morgan fingerprint density at radius 2 is 1.52 bits per heavy atom. The first kappa shape index (κ1) is 16.9. The molecule has 0 unspecified atom stereocenters. The highest BCUT2D eigenvalue weighted by Gasteiger charge is 2.14. The van der Waals surface area contributed by atoms with Crippen molar-refractivity contribution >= 4 is 16.1 Å². The van der Waals surface area contributed by atoms with E-state index in [1.165, 1.54) is 18.2 Å². The lowest BCUT2D eigenvalue weighted by atomic mass is 9.93. The third-order valence-corrected chi connectivity index (χ3v) is 5.01. The summed E-state index contributed by atoms with van der Waals surface area (Å²) in [4.78, 5) is 11.0. The van der Waals surface area contributed by atoms with Crippen molar-refractivity contribution in [2.24, 2.45) is 0 Å².